The van der Waals surface area contributed by atoms with Gasteiger partial charge < -0.3 is 20.2 Å². The van der Waals surface area contributed by atoms with Gasteiger partial charge in [0.15, 0.2) is 0 Å². The first kappa shape index (κ1) is 19.1. The predicted molar refractivity (Wildman–Crippen MR) is 92.5 cm³/mol. The van der Waals surface area contributed by atoms with Crippen LogP contribution in [0.1, 0.15) is 29.6 Å². The van der Waals surface area contributed by atoms with Gasteiger partial charge in [0.2, 0.25) is 0 Å². The van der Waals surface area contributed by atoms with E-state index in [-0.39, 0.29) is 24.3 Å². The van der Waals surface area contributed by atoms with Gasteiger partial charge in [0.05, 0.1) is 11.0 Å². The van der Waals surface area contributed by atoms with Crippen LogP contribution in [0.5, 0.6) is 0 Å². The third kappa shape index (κ3) is 4.67. The second-order valence-corrected chi connectivity index (χ2v) is 5.66. The molecule has 0 aliphatic heterocycles. The van der Waals surface area contributed by atoms with Gasteiger partial charge in [-0.3, -0.25) is 19.7 Å². The Morgan fingerprint density at radius 3 is 2.58 bits per heavy atom. The van der Waals surface area contributed by atoms with Gasteiger partial charge in [0.1, 0.15) is 17.2 Å². The van der Waals surface area contributed by atoms with Crippen molar-refractivity contribution < 1.29 is 24.0 Å². The van der Waals surface area contributed by atoms with Crippen LogP contribution in [0.4, 0.5) is 11.4 Å². The Labute approximate surface area is 149 Å². The lowest BCUT2D eigenvalue weighted by molar-refractivity contribution is -0.383. The third-order valence-corrected chi connectivity index (χ3v) is 3.70. The number of aliphatic hydroxyl groups excluding tert-OH is 1. The normalized spacial score (nSPS) is 11.7. The summed E-state index contributed by atoms with van der Waals surface area (Å²) in [5.74, 6) is -0.709. The number of aliphatic hydroxyl groups is 1. The van der Waals surface area contributed by atoms with Crippen LogP contribution in [0.25, 0.3) is 0 Å². The Balaban J connectivity index is 1.87. The number of hydrogen-bond acceptors (Lipinski definition) is 6. The molecule has 1 atom stereocenters. The van der Waals surface area contributed by atoms with Gasteiger partial charge in [-0.15, -0.1) is 0 Å². The summed E-state index contributed by atoms with van der Waals surface area (Å²) >= 11 is 0. The highest BCUT2D eigenvalue weighted by Gasteiger charge is 2.20. The van der Waals surface area contributed by atoms with E-state index >= 15 is 0 Å². The number of para-hydroxylation sites is 2. The van der Waals surface area contributed by atoms with E-state index in [4.69, 9.17) is 4.42 Å². The van der Waals surface area contributed by atoms with Gasteiger partial charge in [-0.25, -0.2) is 0 Å². The van der Waals surface area contributed by atoms with Crippen LogP contribution < -0.4 is 10.6 Å². The molecule has 0 aliphatic rings. The van der Waals surface area contributed by atoms with Crippen molar-refractivity contribution in [2.45, 2.75) is 26.4 Å². The van der Waals surface area contributed by atoms with E-state index in [1.54, 1.807) is 19.9 Å². The Kier molecular flexibility index (Phi) is 6.07. The van der Waals surface area contributed by atoms with Gasteiger partial charge in [-0.2, -0.15) is 0 Å². The Bertz CT molecular complexity index is 830. The van der Waals surface area contributed by atoms with Gasteiger partial charge >= 0.3 is 11.8 Å². The molecule has 0 saturated heterocycles. The molecule has 3 N–H and O–H groups in total. The molecular weight excluding hydrogens is 342 g/mol. The largest absolute Gasteiger partial charge is 0.466 e. The summed E-state index contributed by atoms with van der Waals surface area (Å²) in [6, 6.07) is 7.22. The molecule has 0 saturated carbocycles. The minimum absolute atomic E-state index is 0.0496. The van der Waals surface area contributed by atoms with E-state index in [0.717, 1.165) is 0 Å². The number of benzene rings is 1. The van der Waals surface area contributed by atoms with Gasteiger partial charge in [0.25, 0.3) is 5.69 Å². The number of nitro groups is 1. The number of aryl methyl sites for hydroxylation is 2. The highest BCUT2D eigenvalue weighted by atomic mass is 16.6. The first-order chi connectivity index (χ1) is 12.3. The summed E-state index contributed by atoms with van der Waals surface area (Å²) in [5, 5.41) is 25.6. The maximum absolute atomic E-state index is 11.9. The number of carbonyl (C=O) groups excluding carboxylic acids is 2. The molecule has 0 aliphatic carbocycles. The van der Waals surface area contributed by atoms with Crippen molar-refractivity contribution in [3.8, 4) is 0 Å². The average Bonchev–Trinajstić information content (AvgIpc) is 2.93. The maximum atomic E-state index is 11.9. The van der Waals surface area contributed by atoms with Gasteiger partial charge in [-0.1, -0.05) is 12.1 Å². The zero-order chi connectivity index (χ0) is 19.3. The summed E-state index contributed by atoms with van der Waals surface area (Å²) in [6.07, 6.45) is -0.657. The van der Waals surface area contributed by atoms with Crippen LogP contribution in [0.2, 0.25) is 0 Å². The standard InChI is InChI=1S/C17H19N3O6/c1-10-9-12(11(2)26-10)15(21)7-8-18-16(22)17(23)19-13-5-3-4-6-14(13)20(24)25/h3-6,9,15,21H,7-8H2,1-2H3,(H,18,22)(H,19,23). The summed E-state index contributed by atoms with van der Waals surface area (Å²) in [7, 11) is 0. The fraction of sp³-hybridized carbons (Fsp3) is 0.294. The Morgan fingerprint density at radius 1 is 1.27 bits per heavy atom. The van der Waals surface area contributed by atoms with E-state index in [1.807, 2.05) is 0 Å². The molecule has 1 aromatic carbocycles. The number of hydrogen-bond donors (Lipinski definition) is 3. The van der Waals surface area contributed by atoms with Crippen LogP contribution in [-0.4, -0.2) is 28.4 Å². The predicted octanol–water partition coefficient (Wildman–Crippen LogP) is 1.98. The smallest absolute Gasteiger partial charge is 0.313 e. The minimum atomic E-state index is -1.02. The topological polar surface area (TPSA) is 135 Å². The van der Waals surface area contributed by atoms with Crippen LogP contribution >= 0.6 is 0 Å². The van der Waals surface area contributed by atoms with Crippen molar-refractivity contribution in [3.05, 3.63) is 57.5 Å². The molecule has 0 bridgehead atoms. The van der Waals surface area contributed by atoms with Crippen molar-refractivity contribution in [3.63, 3.8) is 0 Å². The van der Waals surface area contributed by atoms with Crippen LogP contribution in [-0.2, 0) is 9.59 Å². The first-order valence-electron chi connectivity index (χ1n) is 7.87. The van der Waals surface area contributed by atoms with E-state index in [9.17, 15) is 24.8 Å². The molecule has 1 heterocycles. The van der Waals surface area contributed by atoms with E-state index in [0.29, 0.717) is 17.1 Å². The second kappa shape index (κ2) is 8.26. The molecule has 2 amide bonds. The first-order valence-corrected chi connectivity index (χ1v) is 7.87. The maximum Gasteiger partial charge on any atom is 0.313 e. The van der Waals surface area contributed by atoms with Crippen LogP contribution in [0, 0.1) is 24.0 Å². The molecular formula is C17H19N3O6. The number of nitro benzene ring substituents is 1. The van der Waals surface area contributed by atoms with Crippen molar-refractivity contribution in [1.82, 2.24) is 5.32 Å². The third-order valence-electron chi connectivity index (χ3n) is 3.70. The molecule has 0 radical (unpaired) electrons. The number of nitrogens with one attached hydrogen (secondary N) is 2. The SMILES string of the molecule is Cc1cc(C(O)CCNC(=O)C(=O)Nc2ccccc2[N+](=O)[O-])c(C)o1. The zero-order valence-electron chi connectivity index (χ0n) is 14.3. The van der Waals surface area contributed by atoms with Crippen molar-refractivity contribution >= 4 is 23.2 Å². The number of amides is 2. The van der Waals surface area contributed by atoms with E-state index < -0.39 is 22.8 Å². The molecule has 1 aromatic heterocycles. The molecule has 1 unspecified atom stereocenters. The fourth-order valence-electron chi connectivity index (χ4n) is 2.46. The summed E-state index contributed by atoms with van der Waals surface area (Å²) in [5.41, 5.74) is 0.248. The molecule has 2 rings (SSSR count). The Hall–Kier alpha value is -3.20. The lowest BCUT2D eigenvalue weighted by atomic mass is 10.1. The quantitative estimate of drug-likeness (QED) is 0.409. The lowest BCUT2D eigenvalue weighted by Crippen LogP contribution is -2.36. The van der Waals surface area contributed by atoms with Crippen LogP contribution in [0.15, 0.2) is 34.7 Å². The van der Waals surface area contributed by atoms with Crippen molar-refractivity contribution in [1.29, 1.82) is 0 Å². The zero-order valence-corrected chi connectivity index (χ0v) is 14.3. The molecule has 26 heavy (non-hydrogen) atoms. The molecule has 0 spiro atoms. The van der Waals surface area contributed by atoms with E-state index in [1.165, 1.54) is 24.3 Å². The number of anilines is 1. The van der Waals surface area contributed by atoms with Crippen molar-refractivity contribution in [2.24, 2.45) is 0 Å². The summed E-state index contributed by atoms with van der Waals surface area (Å²) in [4.78, 5) is 33.9. The van der Waals surface area contributed by atoms with Crippen LogP contribution in [0.3, 0.4) is 0 Å². The molecule has 0 fully saturated rings. The molecule has 9 heteroatoms. The highest BCUT2D eigenvalue weighted by Crippen LogP contribution is 2.24. The van der Waals surface area contributed by atoms with Crippen molar-refractivity contribution in [2.75, 3.05) is 11.9 Å². The molecule has 9 nitrogen and oxygen atoms in total. The molecule has 2 aromatic rings. The van der Waals surface area contributed by atoms with Gasteiger partial charge in [0, 0.05) is 18.2 Å². The Morgan fingerprint density at radius 2 is 1.96 bits per heavy atom. The number of furan rings is 1. The fourth-order valence-corrected chi connectivity index (χ4v) is 2.46. The lowest BCUT2D eigenvalue weighted by Gasteiger charge is -2.10. The number of rotatable bonds is 6. The summed E-state index contributed by atoms with van der Waals surface area (Å²) in [6.45, 7) is 3.54. The van der Waals surface area contributed by atoms with E-state index in [2.05, 4.69) is 10.6 Å². The average molecular weight is 361 g/mol. The summed E-state index contributed by atoms with van der Waals surface area (Å²) < 4.78 is 5.33. The van der Waals surface area contributed by atoms with Gasteiger partial charge in [-0.05, 0) is 32.4 Å². The number of nitrogens with zero attached hydrogens (tertiary/aromatic N) is 1. The number of carbonyl (C=O) groups is 2. The minimum Gasteiger partial charge on any atom is -0.466 e. The highest BCUT2D eigenvalue weighted by molar-refractivity contribution is 6.39. The molecule has 138 valence electrons. The monoisotopic (exact) mass is 361 g/mol. The second-order valence-electron chi connectivity index (χ2n) is 5.66.